The van der Waals surface area contributed by atoms with Crippen LogP contribution in [0.3, 0.4) is 0 Å². The molecule has 2 N–H and O–H groups in total. The topological polar surface area (TPSA) is 40.3 Å². The summed E-state index contributed by atoms with van der Waals surface area (Å²) in [7, 11) is 0. The summed E-state index contributed by atoms with van der Waals surface area (Å²) in [6.45, 7) is 7.35. The van der Waals surface area contributed by atoms with Gasteiger partial charge in [-0.15, -0.1) is 0 Å². The molecule has 222 valence electrons. The lowest BCUT2D eigenvalue weighted by Crippen LogP contribution is -2.27. The molecule has 0 radical (unpaired) electrons. The third-order valence-corrected chi connectivity index (χ3v) is 8.24. The van der Waals surface area contributed by atoms with Gasteiger partial charge in [0, 0.05) is 42.4 Å². The zero-order valence-electron chi connectivity index (χ0n) is 25.1. The van der Waals surface area contributed by atoms with Crippen molar-refractivity contribution in [2.75, 3.05) is 26.2 Å². The number of rotatable bonds is 18. The summed E-state index contributed by atoms with van der Waals surface area (Å²) in [5.41, 5.74) is 7.54. The van der Waals surface area contributed by atoms with Gasteiger partial charge >= 0.3 is 0 Å². The fourth-order valence-corrected chi connectivity index (χ4v) is 5.56. The number of nitrogens with zero attached hydrogens (tertiary/aromatic N) is 1. The van der Waals surface area contributed by atoms with E-state index in [1.807, 2.05) is 0 Å². The first-order valence-corrected chi connectivity index (χ1v) is 15.8. The van der Waals surface area contributed by atoms with Crippen molar-refractivity contribution in [1.82, 2.24) is 15.2 Å². The van der Waals surface area contributed by atoms with Crippen molar-refractivity contribution in [3.05, 3.63) is 119 Å². The number of hydrogen-bond donors (Lipinski definition) is 2. The molecule has 1 heterocycles. The van der Waals surface area contributed by atoms with Gasteiger partial charge in [-0.3, -0.25) is 4.90 Å². The van der Waals surface area contributed by atoms with E-state index in [1.54, 1.807) is 12.1 Å². The van der Waals surface area contributed by atoms with Gasteiger partial charge < -0.3 is 15.0 Å². The van der Waals surface area contributed by atoms with Crippen LogP contribution in [-0.4, -0.2) is 36.1 Å². The summed E-state index contributed by atoms with van der Waals surface area (Å²) in [5, 5.41) is 4.91. The number of aryl methyl sites for hydroxylation is 1. The molecule has 0 bridgehead atoms. The highest BCUT2D eigenvalue weighted by molar-refractivity contribution is 5.83. The van der Waals surface area contributed by atoms with Gasteiger partial charge in [-0.25, -0.2) is 4.39 Å². The van der Waals surface area contributed by atoms with Crippen molar-refractivity contribution in [3.8, 4) is 0 Å². The van der Waals surface area contributed by atoms with Crippen LogP contribution in [0.5, 0.6) is 0 Å². The van der Waals surface area contributed by atoms with Crippen molar-refractivity contribution in [1.29, 1.82) is 0 Å². The zero-order chi connectivity index (χ0) is 29.0. The maximum absolute atomic E-state index is 13.1. The van der Waals surface area contributed by atoms with Crippen LogP contribution >= 0.6 is 0 Å². The summed E-state index contributed by atoms with van der Waals surface area (Å²) in [5.74, 6) is 0.732. The molecule has 3 aromatic carbocycles. The molecule has 0 atom stereocenters. The van der Waals surface area contributed by atoms with Crippen LogP contribution in [0.2, 0.25) is 0 Å². The smallest absolute Gasteiger partial charge is 0.123 e. The van der Waals surface area contributed by atoms with Crippen molar-refractivity contribution in [2.24, 2.45) is 5.92 Å². The lowest BCUT2D eigenvalue weighted by atomic mass is 10.1. The Morgan fingerprint density at radius 3 is 2.50 bits per heavy atom. The molecule has 0 spiro atoms. The molecule has 42 heavy (non-hydrogen) atoms. The molecular weight excluding hydrogens is 521 g/mol. The van der Waals surface area contributed by atoms with Crippen LogP contribution in [-0.2, 0) is 30.7 Å². The minimum absolute atomic E-state index is 0.218. The van der Waals surface area contributed by atoms with Crippen molar-refractivity contribution < 1.29 is 9.13 Å². The quantitative estimate of drug-likeness (QED) is 0.119. The van der Waals surface area contributed by atoms with Gasteiger partial charge in [-0.1, -0.05) is 80.4 Å². The number of nitrogens with one attached hydrogen (secondary N) is 2. The highest BCUT2D eigenvalue weighted by Gasteiger charge is 2.22. The molecule has 0 unspecified atom stereocenters. The second kappa shape index (κ2) is 15.7. The monoisotopic (exact) mass is 567 g/mol. The van der Waals surface area contributed by atoms with E-state index in [4.69, 9.17) is 4.74 Å². The number of aromatic amines is 1. The molecule has 4 nitrogen and oxygen atoms in total. The Morgan fingerprint density at radius 1 is 0.952 bits per heavy atom. The lowest BCUT2D eigenvalue weighted by molar-refractivity contribution is 0.138. The Labute approximate surface area is 251 Å². The van der Waals surface area contributed by atoms with E-state index in [9.17, 15) is 4.39 Å². The molecule has 1 aliphatic carbocycles. The third-order valence-electron chi connectivity index (χ3n) is 8.24. The molecule has 0 amide bonds. The van der Waals surface area contributed by atoms with Gasteiger partial charge in [0.25, 0.3) is 0 Å². The summed E-state index contributed by atoms with van der Waals surface area (Å²) in [6, 6.07) is 24.4. The van der Waals surface area contributed by atoms with Gasteiger partial charge in [0.2, 0.25) is 0 Å². The lowest BCUT2D eigenvalue weighted by Gasteiger charge is -2.22. The number of allylic oxidation sites excluding steroid dienone is 1. The summed E-state index contributed by atoms with van der Waals surface area (Å²) < 4.78 is 19.0. The number of para-hydroxylation sites is 1. The highest BCUT2D eigenvalue weighted by Crippen LogP contribution is 2.32. The summed E-state index contributed by atoms with van der Waals surface area (Å²) in [6.07, 6.45) is 12.7. The number of ether oxygens (including phenoxy) is 1. The molecule has 1 aromatic heterocycles. The molecule has 1 aliphatic rings. The highest BCUT2D eigenvalue weighted by atomic mass is 19.1. The van der Waals surface area contributed by atoms with Crippen LogP contribution in [0.4, 0.5) is 4.39 Å². The minimum Gasteiger partial charge on any atom is -0.387 e. The van der Waals surface area contributed by atoms with E-state index >= 15 is 0 Å². The van der Waals surface area contributed by atoms with Gasteiger partial charge in [0.05, 0.1) is 13.2 Å². The van der Waals surface area contributed by atoms with Gasteiger partial charge in [-0.05, 0) is 85.0 Å². The number of H-pyrrole nitrogens is 1. The minimum atomic E-state index is -0.218. The van der Waals surface area contributed by atoms with E-state index < -0.39 is 0 Å². The fourth-order valence-electron chi connectivity index (χ4n) is 5.56. The Balaban J connectivity index is 1.05. The average molecular weight is 568 g/mol. The zero-order valence-corrected chi connectivity index (χ0v) is 25.1. The number of benzene rings is 3. The summed E-state index contributed by atoms with van der Waals surface area (Å²) >= 11 is 0. The average Bonchev–Trinajstić information content (AvgIpc) is 3.76. The summed E-state index contributed by atoms with van der Waals surface area (Å²) in [4.78, 5) is 6.09. The predicted molar refractivity (Wildman–Crippen MR) is 172 cm³/mol. The number of halogens is 1. The molecule has 0 aliphatic heterocycles. The number of aromatic nitrogens is 1. The third kappa shape index (κ3) is 9.57. The maximum Gasteiger partial charge on any atom is 0.123 e. The van der Waals surface area contributed by atoms with Crippen molar-refractivity contribution in [3.63, 3.8) is 0 Å². The Kier molecular flexibility index (Phi) is 11.2. The van der Waals surface area contributed by atoms with E-state index in [0.717, 1.165) is 62.5 Å². The SMILES string of the molecule is CC/C=C(/COCc1ccc(F)cc1)NCCCc1ccc(CN(CCc2c[nH]c3ccccc23)CCC2CC2)cc1. The second-order valence-electron chi connectivity index (χ2n) is 11.7. The van der Waals surface area contributed by atoms with Crippen molar-refractivity contribution >= 4 is 10.9 Å². The molecule has 5 heteroatoms. The first kappa shape index (κ1) is 30.1. The van der Waals surface area contributed by atoms with Gasteiger partial charge in [0.1, 0.15) is 5.82 Å². The van der Waals surface area contributed by atoms with E-state index in [0.29, 0.717) is 13.2 Å². The van der Waals surface area contributed by atoms with Crippen LogP contribution in [0.15, 0.2) is 90.8 Å². The standard InChI is InChI=1S/C37H46FN3O/c1-2-6-35(28-42-27-32-16-18-34(38)19-17-32)39-22-5-7-29-12-14-31(15-13-29)26-41(23-20-30-10-11-30)24-21-33-25-40-37-9-4-3-8-36(33)37/h3-4,6,8-9,12-19,25,30,39-40H,2,5,7,10-11,20-24,26-28H2,1H3/b35-6-. The van der Waals surface area contributed by atoms with Crippen LogP contribution in [0, 0.1) is 11.7 Å². The molecular formula is C37H46FN3O. The first-order valence-electron chi connectivity index (χ1n) is 15.8. The first-order chi connectivity index (χ1) is 20.7. The number of hydrogen-bond acceptors (Lipinski definition) is 3. The van der Waals surface area contributed by atoms with Crippen LogP contribution in [0.25, 0.3) is 10.9 Å². The molecule has 4 aromatic rings. The fraction of sp³-hybridized carbons (Fsp3) is 0.405. The van der Waals surface area contributed by atoms with E-state index in [2.05, 4.69) is 82.9 Å². The predicted octanol–water partition coefficient (Wildman–Crippen LogP) is 8.18. The molecule has 5 rings (SSSR count). The molecule has 1 fully saturated rings. The van der Waals surface area contributed by atoms with Crippen LogP contribution in [0.1, 0.15) is 61.3 Å². The maximum atomic E-state index is 13.1. The molecule has 1 saturated carbocycles. The molecule has 0 saturated heterocycles. The Morgan fingerprint density at radius 2 is 1.71 bits per heavy atom. The van der Waals surface area contributed by atoms with Crippen molar-refractivity contribution in [2.45, 2.75) is 65.0 Å². The van der Waals surface area contributed by atoms with E-state index in [-0.39, 0.29) is 5.82 Å². The van der Waals surface area contributed by atoms with Gasteiger partial charge in [-0.2, -0.15) is 0 Å². The largest absolute Gasteiger partial charge is 0.387 e. The Bertz CT molecular complexity index is 1390. The van der Waals surface area contributed by atoms with Gasteiger partial charge in [0.15, 0.2) is 0 Å². The number of fused-ring (bicyclic) bond motifs is 1. The Hall–Kier alpha value is -3.41. The normalized spacial score (nSPS) is 13.7. The second-order valence-corrected chi connectivity index (χ2v) is 11.7. The van der Waals surface area contributed by atoms with Crippen LogP contribution < -0.4 is 5.32 Å². The van der Waals surface area contributed by atoms with E-state index in [1.165, 1.54) is 65.5 Å².